The average Bonchev–Trinajstić information content (AvgIpc) is 2.82. The van der Waals surface area contributed by atoms with Crippen molar-refractivity contribution in [1.29, 1.82) is 0 Å². The first-order valence-corrected chi connectivity index (χ1v) is 7.14. The van der Waals surface area contributed by atoms with E-state index in [-0.39, 0.29) is 11.9 Å². The number of hydrogen-bond acceptors (Lipinski definition) is 4. The number of carbonyl (C=O) groups is 1. The van der Waals surface area contributed by atoms with Crippen molar-refractivity contribution in [3.8, 4) is 0 Å². The van der Waals surface area contributed by atoms with Crippen molar-refractivity contribution in [2.45, 2.75) is 63.6 Å². The summed E-state index contributed by atoms with van der Waals surface area (Å²) in [6.45, 7) is 3.04. The summed E-state index contributed by atoms with van der Waals surface area (Å²) >= 11 is 0. The predicted octanol–water partition coefficient (Wildman–Crippen LogP) is 1.88. The molecule has 0 unspecified atom stereocenters. The summed E-state index contributed by atoms with van der Waals surface area (Å²) in [5, 5.41) is 3.53. The Kier molecular flexibility index (Phi) is 5.01. The number of methoxy groups -OCH3 is 1. The number of ether oxygens (including phenoxy) is 2. The van der Waals surface area contributed by atoms with Gasteiger partial charge in [-0.05, 0) is 45.4 Å². The second kappa shape index (κ2) is 6.53. The van der Waals surface area contributed by atoms with Crippen molar-refractivity contribution in [1.82, 2.24) is 5.32 Å². The lowest BCUT2D eigenvalue weighted by Crippen LogP contribution is -2.34. The van der Waals surface area contributed by atoms with Gasteiger partial charge in [-0.2, -0.15) is 0 Å². The van der Waals surface area contributed by atoms with Crippen LogP contribution in [0.15, 0.2) is 0 Å². The van der Waals surface area contributed by atoms with Gasteiger partial charge < -0.3 is 14.8 Å². The fourth-order valence-electron chi connectivity index (χ4n) is 3.04. The van der Waals surface area contributed by atoms with Gasteiger partial charge in [-0.1, -0.05) is 0 Å². The van der Waals surface area contributed by atoms with E-state index in [1.165, 1.54) is 20.0 Å². The van der Waals surface area contributed by atoms with Gasteiger partial charge in [-0.25, -0.2) is 0 Å². The molecule has 1 aliphatic heterocycles. The van der Waals surface area contributed by atoms with Crippen LogP contribution in [0, 0.1) is 5.92 Å². The number of esters is 1. The quantitative estimate of drug-likeness (QED) is 0.779. The third-order valence-electron chi connectivity index (χ3n) is 4.21. The third kappa shape index (κ3) is 3.69. The van der Waals surface area contributed by atoms with Crippen molar-refractivity contribution in [3.05, 3.63) is 0 Å². The SMILES string of the molecule is COC(=O)C1CCC(OC[C@@H]2CC[C@H](C)N2)CC1. The van der Waals surface area contributed by atoms with Gasteiger partial charge in [0, 0.05) is 12.1 Å². The van der Waals surface area contributed by atoms with Crippen molar-refractivity contribution in [2.75, 3.05) is 13.7 Å². The molecule has 104 valence electrons. The fourth-order valence-corrected chi connectivity index (χ4v) is 3.04. The van der Waals surface area contributed by atoms with Crippen LogP contribution in [0.1, 0.15) is 45.4 Å². The van der Waals surface area contributed by atoms with Crippen LogP contribution >= 0.6 is 0 Å². The normalized spacial score (nSPS) is 36.6. The molecule has 18 heavy (non-hydrogen) atoms. The molecule has 1 N–H and O–H groups in total. The molecule has 2 fully saturated rings. The maximum Gasteiger partial charge on any atom is 0.308 e. The van der Waals surface area contributed by atoms with Gasteiger partial charge in [0.2, 0.25) is 0 Å². The van der Waals surface area contributed by atoms with Crippen molar-refractivity contribution < 1.29 is 14.3 Å². The van der Waals surface area contributed by atoms with Gasteiger partial charge in [-0.3, -0.25) is 4.79 Å². The van der Waals surface area contributed by atoms with Gasteiger partial charge in [0.05, 0.1) is 25.7 Å². The highest BCUT2D eigenvalue weighted by Crippen LogP contribution is 2.27. The van der Waals surface area contributed by atoms with E-state index in [0.29, 0.717) is 18.2 Å². The average molecular weight is 255 g/mol. The number of nitrogens with one attached hydrogen (secondary N) is 1. The van der Waals surface area contributed by atoms with Crippen LogP contribution in [-0.2, 0) is 14.3 Å². The van der Waals surface area contributed by atoms with Gasteiger partial charge in [0.1, 0.15) is 0 Å². The maximum absolute atomic E-state index is 11.4. The molecule has 2 atom stereocenters. The van der Waals surface area contributed by atoms with Crippen LogP contribution < -0.4 is 5.32 Å². The van der Waals surface area contributed by atoms with E-state index in [4.69, 9.17) is 9.47 Å². The molecule has 1 saturated heterocycles. The molecular formula is C14H25NO3. The summed E-state index contributed by atoms with van der Waals surface area (Å²) in [6, 6.07) is 1.16. The van der Waals surface area contributed by atoms with Crippen molar-refractivity contribution >= 4 is 5.97 Å². The topological polar surface area (TPSA) is 47.6 Å². The Bertz CT molecular complexity index is 274. The van der Waals surface area contributed by atoms with Crippen LogP contribution in [-0.4, -0.2) is 37.9 Å². The Morgan fingerprint density at radius 1 is 1.17 bits per heavy atom. The van der Waals surface area contributed by atoms with Crippen LogP contribution in [0.4, 0.5) is 0 Å². The second-order valence-electron chi connectivity index (χ2n) is 5.67. The molecule has 1 heterocycles. The van der Waals surface area contributed by atoms with E-state index in [0.717, 1.165) is 32.3 Å². The molecule has 0 bridgehead atoms. The minimum Gasteiger partial charge on any atom is -0.469 e. The van der Waals surface area contributed by atoms with E-state index < -0.39 is 0 Å². The summed E-state index contributed by atoms with van der Waals surface area (Å²) in [7, 11) is 1.47. The molecule has 0 aromatic carbocycles. The number of rotatable bonds is 4. The minimum atomic E-state index is -0.0558. The van der Waals surface area contributed by atoms with Crippen LogP contribution in [0.5, 0.6) is 0 Å². The lowest BCUT2D eigenvalue weighted by atomic mass is 9.87. The Labute approximate surface area is 109 Å². The van der Waals surface area contributed by atoms with Gasteiger partial charge >= 0.3 is 5.97 Å². The largest absolute Gasteiger partial charge is 0.469 e. The fraction of sp³-hybridized carbons (Fsp3) is 0.929. The van der Waals surface area contributed by atoms with Crippen LogP contribution in [0.25, 0.3) is 0 Å². The predicted molar refractivity (Wildman–Crippen MR) is 69.3 cm³/mol. The molecule has 0 spiro atoms. The molecule has 0 aromatic rings. The number of carbonyl (C=O) groups excluding carboxylic acids is 1. The summed E-state index contributed by atoms with van der Waals surface area (Å²) < 4.78 is 10.8. The first-order valence-electron chi connectivity index (χ1n) is 7.14. The molecule has 2 aliphatic rings. The molecule has 0 amide bonds. The minimum absolute atomic E-state index is 0.0558. The molecule has 2 rings (SSSR count). The van der Waals surface area contributed by atoms with Crippen LogP contribution in [0.3, 0.4) is 0 Å². The van der Waals surface area contributed by atoms with Gasteiger partial charge in [-0.15, -0.1) is 0 Å². The number of hydrogen-bond donors (Lipinski definition) is 1. The Hall–Kier alpha value is -0.610. The van der Waals surface area contributed by atoms with E-state index >= 15 is 0 Å². The van der Waals surface area contributed by atoms with E-state index in [1.54, 1.807) is 0 Å². The molecule has 4 heteroatoms. The monoisotopic (exact) mass is 255 g/mol. The summed E-state index contributed by atoms with van der Waals surface area (Å²) in [4.78, 5) is 11.4. The standard InChI is InChI=1S/C14H25NO3/c1-10-3-6-12(15-10)9-18-13-7-4-11(5-8-13)14(16)17-2/h10-13,15H,3-9H2,1-2H3/t10-,11?,12-,13?/m0/s1. The van der Waals surface area contributed by atoms with Crippen LogP contribution in [0.2, 0.25) is 0 Å². The van der Waals surface area contributed by atoms with E-state index in [9.17, 15) is 4.79 Å². The zero-order chi connectivity index (χ0) is 13.0. The van der Waals surface area contributed by atoms with E-state index in [2.05, 4.69) is 12.2 Å². The highest BCUT2D eigenvalue weighted by molar-refractivity contribution is 5.72. The summed E-state index contributed by atoms with van der Waals surface area (Å²) in [5.41, 5.74) is 0. The molecule has 0 radical (unpaired) electrons. The lowest BCUT2D eigenvalue weighted by Gasteiger charge is -2.28. The van der Waals surface area contributed by atoms with Crippen molar-refractivity contribution in [3.63, 3.8) is 0 Å². The lowest BCUT2D eigenvalue weighted by molar-refractivity contribution is -0.147. The smallest absolute Gasteiger partial charge is 0.308 e. The Balaban J connectivity index is 1.63. The molecule has 0 aromatic heterocycles. The maximum atomic E-state index is 11.4. The van der Waals surface area contributed by atoms with Gasteiger partial charge in [0.25, 0.3) is 0 Å². The van der Waals surface area contributed by atoms with E-state index in [1.807, 2.05) is 0 Å². The first kappa shape index (κ1) is 13.8. The first-order chi connectivity index (χ1) is 8.69. The second-order valence-corrected chi connectivity index (χ2v) is 5.67. The highest BCUT2D eigenvalue weighted by Gasteiger charge is 2.28. The Morgan fingerprint density at radius 2 is 1.89 bits per heavy atom. The zero-order valence-corrected chi connectivity index (χ0v) is 11.5. The third-order valence-corrected chi connectivity index (χ3v) is 4.21. The molecule has 1 saturated carbocycles. The Morgan fingerprint density at radius 3 is 2.44 bits per heavy atom. The van der Waals surface area contributed by atoms with Gasteiger partial charge in [0.15, 0.2) is 0 Å². The molecular weight excluding hydrogens is 230 g/mol. The zero-order valence-electron chi connectivity index (χ0n) is 11.5. The van der Waals surface area contributed by atoms with Crippen molar-refractivity contribution in [2.24, 2.45) is 5.92 Å². The summed E-state index contributed by atoms with van der Waals surface area (Å²) in [5.74, 6) is 0.0409. The molecule has 4 nitrogen and oxygen atoms in total. The molecule has 1 aliphatic carbocycles. The summed E-state index contributed by atoms with van der Waals surface area (Å²) in [6.07, 6.45) is 6.60. The highest BCUT2D eigenvalue weighted by atomic mass is 16.5.